The summed E-state index contributed by atoms with van der Waals surface area (Å²) in [6.07, 6.45) is -0.845. The number of aromatic nitrogens is 4. The first-order valence-electron chi connectivity index (χ1n) is 6.25. The van der Waals surface area contributed by atoms with Crippen LogP contribution in [0.1, 0.15) is 6.92 Å². The third-order valence-corrected chi connectivity index (χ3v) is 2.43. The molecule has 0 unspecified atom stereocenters. The average molecular weight is 286 g/mol. The fourth-order valence-corrected chi connectivity index (χ4v) is 1.62. The van der Waals surface area contributed by atoms with E-state index in [1.165, 1.54) is 0 Å². The van der Waals surface area contributed by atoms with Gasteiger partial charge in [-0.05, 0) is 6.92 Å². The third kappa shape index (κ3) is 3.73. The maximum atomic E-state index is 11.9. The Kier molecular flexibility index (Phi) is 4.99. The Morgan fingerprint density at radius 1 is 1.35 bits per heavy atom. The largest absolute Gasteiger partial charge is 0.374 e. The number of ether oxygens (including phenoxy) is 1. The molecule has 0 saturated carbocycles. The fourth-order valence-electron chi connectivity index (χ4n) is 1.62. The molecule has 2 aromatic heterocycles. The Hall–Kier alpha value is -2.03. The van der Waals surface area contributed by atoms with Crippen LogP contribution in [0.5, 0.6) is 0 Å². The molecule has 0 aliphatic rings. The first-order valence-corrected chi connectivity index (χ1v) is 6.25. The fraction of sp³-hybridized carbons (Fsp3) is 0.545. The molecule has 2 heterocycles. The highest BCUT2D eigenvalue weighted by atomic mass is 19.3. The second-order valence-corrected chi connectivity index (χ2v) is 3.95. The molecule has 0 amide bonds. The number of alkyl halides is 2. The molecule has 0 aromatic carbocycles. The quantitative estimate of drug-likeness (QED) is 0.637. The van der Waals surface area contributed by atoms with Gasteiger partial charge in [0, 0.05) is 13.1 Å². The highest BCUT2D eigenvalue weighted by Crippen LogP contribution is 2.19. The number of rotatable bonds is 8. The molecule has 2 rings (SSSR count). The van der Waals surface area contributed by atoms with Crippen LogP contribution in [-0.4, -0.2) is 52.9 Å². The van der Waals surface area contributed by atoms with Crippen molar-refractivity contribution < 1.29 is 13.5 Å². The summed E-state index contributed by atoms with van der Waals surface area (Å²) < 4.78 is 28.6. The summed E-state index contributed by atoms with van der Waals surface area (Å²) in [6, 6.07) is 0. The molecule has 110 valence electrons. The van der Waals surface area contributed by atoms with E-state index < -0.39 is 13.0 Å². The predicted octanol–water partition coefficient (Wildman–Crippen LogP) is 1.48. The summed E-state index contributed by atoms with van der Waals surface area (Å²) in [6.45, 7) is 2.61. The van der Waals surface area contributed by atoms with Gasteiger partial charge in [-0.3, -0.25) is 5.10 Å². The normalized spacial score (nSPS) is 11.2. The maximum absolute atomic E-state index is 11.9. The van der Waals surface area contributed by atoms with E-state index in [2.05, 4.69) is 30.8 Å². The SMILES string of the molecule is CCNc1nc(NCCOCC(F)F)c2cn[nH]c2n1. The van der Waals surface area contributed by atoms with Gasteiger partial charge >= 0.3 is 0 Å². The smallest absolute Gasteiger partial charge is 0.261 e. The first kappa shape index (κ1) is 14.4. The zero-order chi connectivity index (χ0) is 14.4. The van der Waals surface area contributed by atoms with Crippen molar-refractivity contribution in [2.45, 2.75) is 13.3 Å². The van der Waals surface area contributed by atoms with Gasteiger partial charge in [0.15, 0.2) is 5.65 Å². The Balaban J connectivity index is 1.98. The van der Waals surface area contributed by atoms with E-state index in [0.29, 0.717) is 30.5 Å². The molecule has 0 spiro atoms. The first-order chi connectivity index (χ1) is 9.70. The Morgan fingerprint density at radius 2 is 2.20 bits per heavy atom. The Bertz CT molecular complexity index is 547. The molecular weight excluding hydrogens is 270 g/mol. The van der Waals surface area contributed by atoms with Crippen molar-refractivity contribution in [3.63, 3.8) is 0 Å². The van der Waals surface area contributed by atoms with E-state index >= 15 is 0 Å². The second kappa shape index (κ2) is 6.94. The second-order valence-electron chi connectivity index (χ2n) is 3.95. The van der Waals surface area contributed by atoms with Crippen molar-refractivity contribution in [2.75, 3.05) is 36.9 Å². The molecule has 0 bridgehead atoms. The van der Waals surface area contributed by atoms with Gasteiger partial charge in [0.25, 0.3) is 6.43 Å². The highest BCUT2D eigenvalue weighted by Gasteiger charge is 2.09. The van der Waals surface area contributed by atoms with Crippen LogP contribution in [-0.2, 0) is 4.74 Å². The van der Waals surface area contributed by atoms with Crippen LogP contribution in [0.2, 0.25) is 0 Å². The zero-order valence-corrected chi connectivity index (χ0v) is 11.0. The van der Waals surface area contributed by atoms with Gasteiger partial charge in [0.05, 0.1) is 18.2 Å². The van der Waals surface area contributed by atoms with E-state index in [4.69, 9.17) is 4.74 Å². The number of anilines is 2. The molecule has 0 aliphatic heterocycles. The molecule has 0 radical (unpaired) electrons. The van der Waals surface area contributed by atoms with E-state index in [0.717, 1.165) is 5.39 Å². The Labute approximate surface area is 114 Å². The van der Waals surface area contributed by atoms with Crippen LogP contribution in [0, 0.1) is 0 Å². The number of halogens is 2. The summed E-state index contributed by atoms with van der Waals surface area (Å²) in [4.78, 5) is 8.54. The topological polar surface area (TPSA) is 87.8 Å². The lowest BCUT2D eigenvalue weighted by Gasteiger charge is -2.09. The van der Waals surface area contributed by atoms with E-state index in [1.807, 2.05) is 6.92 Å². The van der Waals surface area contributed by atoms with Crippen LogP contribution in [0.3, 0.4) is 0 Å². The monoisotopic (exact) mass is 286 g/mol. The van der Waals surface area contributed by atoms with Crippen molar-refractivity contribution in [3.8, 4) is 0 Å². The lowest BCUT2D eigenvalue weighted by Crippen LogP contribution is -2.14. The number of nitrogens with one attached hydrogen (secondary N) is 3. The molecule has 2 aromatic rings. The molecule has 20 heavy (non-hydrogen) atoms. The summed E-state index contributed by atoms with van der Waals surface area (Å²) in [7, 11) is 0. The summed E-state index contributed by atoms with van der Waals surface area (Å²) in [5.74, 6) is 1.06. The minimum atomic E-state index is -2.45. The van der Waals surface area contributed by atoms with E-state index in [-0.39, 0.29) is 6.61 Å². The predicted molar refractivity (Wildman–Crippen MR) is 71.2 cm³/mol. The van der Waals surface area contributed by atoms with Crippen molar-refractivity contribution in [1.82, 2.24) is 20.2 Å². The van der Waals surface area contributed by atoms with Crippen molar-refractivity contribution >= 4 is 22.8 Å². The summed E-state index contributed by atoms with van der Waals surface area (Å²) >= 11 is 0. The van der Waals surface area contributed by atoms with Gasteiger partial charge in [0.1, 0.15) is 12.4 Å². The number of aromatic amines is 1. The Morgan fingerprint density at radius 3 is 2.95 bits per heavy atom. The van der Waals surface area contributed by atoms with Crippen LogP contribution in [0.15, 0.2) is 6.20 Å². The number of nitrogens with zero attached hydrogens (tertiary/aromatic N) is 3. The minimum absolute atomic E-state index is 0.171. The van der Waals surface area contributed by atoms with Gasteiger partial charge in [0.2, 0.25) is 5.95 Å². The van der Waals surface area contributed by atoms with Crippen molar-refractivity contribution in [1.29, 1.82) is 0 Å². The highest BCUT2D eigenvalue weighted by molar-refractivity contribution is 5.86. The van der Waals surface area contributed by atoms with Crippen molar-refractivity contribution in [2.24, 2.45) is 0 Å². The van der Waals surface area contributed by atoms with Gasteiger partial charge < -0.3 is 15.4 Å². The standard InChI is InChI=1S/C11H16F2N6O/c1-2-14-11-17-9(7-5-16-19-10(7)18-11)15-3-4-20-6-8(12)13/h5,8H,2-4,6H2,1H3,(H3,14,15,16,17,18,19). The lowest BCUT2D eigenvalue weighted by molar-refractivity contribution is 0.0215. The molecule has 7 nitrogen and oxygen atoms in total. The van der Waals surface area contributed by atoms with Gasteiger partial charge in [-0.25, -0.2) is 8.78 Å². The number of hydrogen-bond donors (Lipinski definition) is 3. The van der Waals surface area contributed by atoms with Gasteiger partial charge in [-0.2, -0.15) is 15.1 Å². The van der Waals surface area contributed by atoms with Gasteiger partial charge in [-0.1, -0.05) is 0 Å². The average Bonchev–Trinajstić information content (AvgIpc) is 2.86. The zero-order valence-electron chi connectivity index (χ0n) is 11.0. The maximum Gasteiger partial charge on any atom is 0.261 e. The van der Waals surface area contributed by atoms with E-state index in [9.17, 15) is 8.78 Å². The summed E-state index contributed by atoms with van der Waals surface area (Å²) in [5.41, 5.74) is 0.604. The molecule has 0 fully saturated rings. The minimum Gasteiger partial charge on any atom is -0.374 e. The molecule has 0 atom stereocenters. The lowest BCUT2D eigenvalue weighted by atomic mass is 10.4. The van der Waals surface area contributed by atoms with Crippen LogP contribution >= 0.6 is 0 Å². The van der Waals surface area contributed by atoms with Crippen LogP contribution in [0.4, 0.5) is 20.5 Å². The van der Waals surface area contributed by atoms with Crippen LogP contribution < -0.4 is 10.6 Å². The molecule has 0 aliphatic carbocycles. The number of H-pyrrole nitrogens is 1. The molecule has 9 heteroatoms. The number of hydrogen-bond acceptors (Lipinski definition) is 6. The van der Waals surface area contributed by atoms with Crippen LogP contribution in [0.25, 0.3) is 11.0 Å². The summed E-state index contributed by atoms with van der Waals surface area (Å²) in [5, 5.41) is 13.4. The number of fused-ring (bicyclic) bond motifs is 1. The van der Waals surface area contributed by atoms with Crippen molar-refractivity contribution in [3.05, 3.63) is 6.20 Å². The molecule has 0 saturated heterocycles. The van der Waals surface area contributed by atoms with Gasteiger partial charge in [-0.15, -0.1) is 0 Å². The molecular formula is C11H16F2N6O. The molecule has 3 N–H and O–H groups in total. The van der Waals surface area contributed by atoms with E-state index in [1.54, 1.807) is 6.20 Å². The third-order valence-electron chi connectivity index (χ3n) is 2.43.